The highest BCUT2D eigenvalue weighted by atomic mass is 16.4. The van der Waals surface area contributed by atoms with Crippen LogP contribution in [0, 0.1) is 0 Å². The average Bonchev–Trinajstić information content (AvgIpc) is 2.06. The molecule has 0 saturated carbocycles. The Morgan fingerprint density at radius 3 is 2.77 bits per heavy atom. The van der Waals surface area contributed by atoms with Crippen molar-refractivity contribution in [3.05, 3.63) is 12.2 Å². The lowest BCUT2D eigenvalue weighted by Crippen LogP contribution is -2.39. The summed E-state index contributed by atoms with van der Waals surface area (Å²) >= 11 is 0. The zero-order valence-electron chi connectivity index (χ0n) is 7.31. The molecule has 0 radical (unpaired) electrons. The number of aliphatic hydroxyl groups excluding tert-OH is 1. The van der Waals surface area contributed by atoms with E-state index in [1.165, 1.54) is 0 Å². The first-order valence-electron chi connectivity index (χ1n) is 4.35. The van der Waals surface area contributed by atoms with Gasteiger partial charge in [0.1, 0.15) is 0 Å². The summed E-state index contributed by atoms with van der Waals surface area (Å²) in [5.41, 5.74) is -1.66. The largest absolute Gasteiger partial charge is 0.479 e. The lowest BCUT2D eigenvalue weighted by Gasteiger charge is -2.25. The number of aliphatic carboxylic acids is 1. The van der Waals surface area contributed by atoms with Gasteiger partial charge >= 0.3 is 5.97 Å². The standard InChI is InChI=1S/C9H14O4/c10-7-3-1-2-5-9(13,6-4-7)8(11)12/h1,3,7,10,13H,2,4-6H2,(H,11,12)/b3-1+/t7-,9-/m1/s1. The minimum Gasteiger partial charge on any atom is -0.479 e. The molecule has 2 atom stereocenters. The van der Waals surface area contributed by atoms with Gasteiger partial charge in [0, 0.05) is 0 Å². The van der Waals surface area contributed by atoms with Gasteiger partial charge in [0.2, 0.25) is 0 Å². The predicted octanol–water partition coefficient (Wildman–Crippen LogP) is 0.293. The molecular weight excluding hydrogens is 172 g/mol. The Balaban J connectivity index is 2.68. The fraction of sp³-hybridized carbons (Fsp3) is 0.667. The predicted molar refractivity (Wildman–Crippen MR) is 46.2 cm³/mol. The van der Waals surface area contributed by atoms with E-state index in [-0.39, 0.29) is 12.8 Å². The van der Waals surface area contributed by atoms with Crippen LogP contribution in [0.4, 0.5) is 0 Å². The van der Waals surface area contributed by atoms with Crippen molar-refractivity contribution in [1.29, 1.82) is 0 Å². The first-order valence-corrected chi connectivity index (χ1v) is 4.35. The van der Waals surface area contributed by atoms with Crippen LogP contribution in [-0.2, 0) is 4.79 Å². The van der Waals surface area contributed by atoms with E-state index in [0.717, 1.165) is 0 Å². The maximum atomic E-state index is 10.7. The van der Waals surface area contributed by atoms with E-state index >= 15 is 0 Å². The number of carbonyl (C=O) groups is 1. The smallest absolute Gasteiger partial charge is 0.335 e. The Hall–Kier alpha value is -0.870. The molecule has 0 aromatic rings. The lowest BCUT2D eigenvalue weighted by atomic mass is 9.89. The number of carboxylic acids is 1. The summed E-state index contributed by atoms with van der Waals surface area (Å²) in [6.45, 7) is 0. The maximum absolute atomic E-state index is 10.7. The van der Waals surface area contributed by atoms with E-state index in [4.69, 9.17) is 5.11 Å². The maximum Gasteiger partial charge on any atom is 0.335 e. The van der Waals surface area contributed by atoms with Crippen LogP contribution in [0.5, 0.6) is 0 Å². The van der Waals surface area contributed by atoms with Crippen LogP contribution in [0.2, 0.25) is 0 Å². The van der Waals surface area contributed by atoms with Crippen molar-refractivity contribution in [2.24, 2.45) is 0 Å². The molecule has 13 heavy (non-hydrogen) atoms. The van der Waals surface area contributed by atoms with Gasteiger partial charge in [-0.25, -0.2) is 4.79 Å². The quantitative estimate of drug-likeness (QED) is 0.514. The molecule has 0 fully saturated rings. The van der Waals surface area contributed by atoms with Crippen LogP contribution >= 0.6 is 0 Å². The molecule has 0 saturated heterocycles. The van der Waals surface area contributed by atoms with Crippen LogP contribution < -0.4 is 0 Å². The average molecular weight is 186 g/mol. The molecule has 3 N–H and O–H groups in total. The summed E-state index contributed by atoms with van der Waals surface area (Å²) in [6, 6.07) is 0. The fourth-order valence-corrected chi connectivity index (χ4v) is 1.40. The Morgan fingerprint density at radius 2 is 2.15 bits per heavy atom. The van der Waals surface area contributed by atoms with Crippen LogP contribution in [0.15, 0.2) is 12.2 Å². The number of aliphatic hydroxyl groups is 2. The van der Waals surface area contributed by atoms with Crippen molar-refractivity contribution < 1.29 is 20.1 Å². The number of carboxylic acid groups (broad SMARTS) is 1. The van der Waals surface area contributed by atoms with Gasteiger partial charge in [-0.15, -0.1) is 0 Å². The second-order valence-corrected chi connectivity index (χ2v) is 3.41. The number of hydrogen-bond acceptors (Lipinski definition) is 3. The second kappa shape index (κ2) is 3.89. The third-order valence-electron chi connectivity index (χ3n) is 2.33. The van der Waals surface area contributed by atoms with E-state index in [2.05, 4.69) is 0 Å². The van der Waals surface area contributed by atoms with E-state index < -0.39 is 17.7 Å². The van der Waals surface area contributed by atoms with Crippen molar-refractivity contribution in [3.8, 4) is 0 Å². The molecule has 0 aliphatic heterocycles. The van der Waals surface area contributed by atoms with E-state index in [0.29, 0.717) is 12.8 Å². The van der Waals surface area contributed by atoms with Crippen LogP contribution in [0.3, 0.4) is 0 Å². The Morgan fingerprint density at radius 1 is 1.46 bits per heavy atom. The minimum absolute atomic E-state index is 0.105. The molecular formula is C9H14O4. The Bertz CT molecular complexity index is 224. The molecule has 0 amide bonds. The molecule has 0 aromatic heterocycles. The van der Waals surface area contributed by atoms with E-state index in [1.54, 1.807) is 12.2 Å². The molecule has 0 aromatic carbocycles. The van der Waals surface area contributed by atoms with Gasteiger partial charge < -0.3 is 15.3 Å². The summed E-state index contributed by atoms with van der Waals surface area (Å²) in [5, 5.41) is 27.6. The monoisotopic (exact) mass is 186 g/mol. The SMILES string of the molecule is O=C(O)[C@@]1(O)CC/C=C/[C@@H](O)CC1. The number of hydrogen-bond donors (Lipinski definition) is 3. The minimum atomic E-state index is -1.66. The van der Waals surface area contributed by atoms with Crippen LogP contribution in [0.25, 0.3) is 0 Å². The number of rotatable bonds is 1. The molecule has 1 aliphatic carbocycles. The summed E-state index contributed by atoms with van der Waals surface area (Å²) in [7, 11) is 0. The highest BCUT2D eigenvalue weighted by molar-refractivity contribution is 5.77. The van der Waals surface area contributed by atoms with Gasteiger partial charge in [0.15, 0.2) is 5.60 Å². The van der Waals surface area contributed by atoms with Crippen LogP contribution in [0.1, 0.15) is 25.7 Å². The van der Waals surface area contributed by atoms with Gasteiger partial charge in [-0.2, -0.15) is 0 Å². The molecule has 4 nitrogen and oxygen atoms in total. The van der Waals surface area contributed by atoms with Crippen molar-refractivity contribution in [2.45, 2.75) is 37.4 Å². The topological polar surface area (TPSA) is 77.8 Å². The molecule has 0 heterocycles. The van der Waals surface area contributed by atoms with Crippen molar-refractivity contribution in [1.82, 2.24) is 0 Å². The first-order chi connectivity index (χ1) is 6.04. The van der Waals surface area contributed by atoms with Crippen molar-refractivity contribution in [2.75, 3.05) is 0 Å². The zero-order chi connectivity index (χ0) is 9.90. The molecule has 1 rings (SSSR count). The molecule has 74 valence electrons. The zero-order valence-corrected chi connectivity index (χ0v) is 7.31. The molecule has 4 heteroatoms. The lowest BCUT2D eigenvalue weighted by molar-refractivity contribution is -0.160. The second-order valence-electron chi connectivity index (χ2n) is 3.41. The highest BCUT2D eigenvalue weighted by Crippen LogP contribution is 2.23. The van der Waals surface area contributed by atoms with E-state index in [1.807, 2.05) is 0 Å². The van der Waals surface area contributed by atoms with Gasteiger partial charge in [-0.3, -0.25) is 0 Å². The summed E-state index contributed by atoms with van der Waals surface area (Å²) in [4.78, 5) is 10.7. The van der Waals surface area contributed by atoms with E-state index in [9.17, 15) is 15.0 Å². The van der Waals surface area contributed by atoms with Gasteiger partial charge in [-0.1, -0.05) is 12.2 Å². The Kier molecular flexibility index (Phi) is 3.06. The highest BCUT2D eigenvalue weighted by Gasteiger charge is 2.35. The summed E-state index contributed by atoms with van der Waals surface area (Å²) in [5.74, 6) is -1.20. The van der Waals surface area contributed by atoms with Gasteiger partial charge in [0.25, 0.3) is 0 Å². The van der Waals surface area contributed by atoms with Gasteiger partial charge in [-0.05, 0) is 25.7 Å². The van der Waals surface area contributed by atoms with Crippen molar-refractivity contribution >= 4 is 5.97 Å². The van der Waals surface area contributed by atoms with Crippen LogP contribution in [-0.4, -0.2) is 33.0 Å². The fourth-order valence-electron chi connectivity index (χ4n) is 1.40. The molecule has 0 unspecified atom stereocenters. The first kappa shape index (κ1) is 10.2. The summed E-state index contributed by atoms with van der Waals surface area (Å²) in [6.07, 6.45) is 3.81. The third-order valence-corrected chi connectivity index (χ3v) is 2.33. The normalized spacial score (nSPS) is 37.5. The molecule has 0 spiro atoms. The molecule has 0 bridgehead atoms. The third kappa shape index (κ3) is 2.54. The number of allylic oxidation sites excluding steroid dienone is 1. The Labute approximate surface area is 76.5 Å². The van der Waals surface area contributed by atoms with Gasteiger partial charge in [0.05, 0.1) is 6.10 Å². The van der Waals surface area contributed by atoms with Crippen molar-refractivity contribution in [3.63, 3.8) is 0 Å². The summed E-state index contributed by atoms with van der Waals surface area (Å²) < 4.78 is 0. The molecule has 1 aliphatic rings.